The second-order valence-corrected chi connectivity index (χ2v) is 6.16. The number of aromatic hydroxyl groups is 1. The molecule has 1 N–H and O–H groups in total. The minimum atomic E-state index is 0.409. The van der Waals surface area contributed by atoms with Gasteiger partial charge in [0.25, 0.3) is 0 Å². The van der Waals surface area contributed by atoms with Gasteiger partial charge in [0, 0.05) is 11.8 Å². The molecule has 114 valence electrons. The number of rotatable bonds is 3. The molecular formula is C20H23NO. The summed E-state index contributed by atoms with van der Waals surface area (Å²) < 4.78 is 0. The van der Waals surface area contributed by atoms with Gasteiger partial charge in [0.05, 0.1) is 5.69 Å². The Morgan fingerprint density at radius 3 is 2.55 bits per heavy atom. The van der Waals surface area contributed by atoms with Crippen LogP contribution in [0.4, 0.5) is 5.69 Å². The Bertz CT molecular complexity index is 669. The Balaban J connectivity index is 1.87. The van der Waals surface area contributed by atoms with E-state index in [1.54, 1.807) is 6.21 Å². The molecule has 2 nitrogen and oxygen atoms in total. The highest BCUT2D eigenvalue weighted by Crippen LogP contribution is 2.38. The summed E-state index contributed by atoms with van der Waals surface area (Å²) in [5.41, 5.74) is 3.99. The van der Waals surface area contributed by atoms with Gasteiger partial charge in [0.15, 0.2) is 0 Å². The van der Waals surface area contributed by atoms with Gasteiger partial charge in [-0.3, -0.25) is 4.99 Å². The molecule has 0 spiro atoms. The van der Waals surface area contributed by atoms with Crippen molar-refractivity contribution < 1.29 is 5.11 Å². The summed E-state index contributed by atoms with van der Waals surface area (Å²) in [6, 6.07) is 14.1. The zero-order valence-corrected chi connectivity index (χ0v) is 13.1. The number of phenolic OH excluding ortho intramolecular Hbond substituents is 1. The van der Waals surface area contributed by atoms with Crippen LogP contribution in [0.2, 0.25) is 0 Å². The normalized spacial score (nSPS) is 16.2. The van der Waals surface area contributed by atoms with Crippen molar-refractivity contribution in [3.63, 3.8) is 0 Å². The summed E-state index contributed by atoms with van der Waals surface area (Å²) in [5, 5.41) is 10.6. The number of phenols is 1. The van der Waals surface area contributed by atoms with Gasteiger partial charge in [0.2, 0.25) is 0 Å². The predicted molar refractivity (Wildman–Crippen MR) is 92.4 cm³/mol. The first-order valence-corrected chi connectivity index (χ1v) is 8.17. The number of aliphatic imine (C=N–C) groups is 1. The quantitative estimate of drug-likeness (QED) is 0.745. The highest BCUT2D eigenvalue weighted by atomic mass is 16.3. The van der Waals surface area contributed by atoms with Crippen molar-refractivity contribution in [2.24, 2.45) is 4.99 Å². The van der Waals surface area contributed by atoms with Gasteiger partial charge in [0.1, 0.15) is 5.75 Å². The van der Waals surface area contributed by atoms with Crippen LogP contribution in [0.3, 0.4) is 0 Å². The molecule has 1 saturated carbocycles. The van der Waals surface area contributed by atoms with E-state index in [0.29, 0.717) is 11.7 Å². The molecule has 22 heavy (non-hydrogen) atoms. The zero-order valence-electron chi connectivity index (χ0n) is 13.1. The third kappa shape index (κ3) is 3.22. The van der Waals surface area contributed by atoms with Crippen LogP contribution in [0.1, 0.15) is 54.7 Å². The third-order valence-electron chi connectivity index (χ3n) is 4.60. The van der Waals surface area contributed by atoms with Crippen LogP contribution in [-0.2, 0) is 0 Å². The molecule has 0 radical (unpaired) electrons. The molecule has 0 atom stereocenters. The second-order valence-electron chi connectivity index (χ2n) is 6.16. The summed E-state index contributed by atoms with van der Waals surface area (Å²) in [4.78, 5) is 4.54. The lowest BCUT2D eigenvalue weighted by molar-refractivity contribution is 0.414. The number of benzene rings is 2. The molecule has 0 heterocycles. The standard InChI is InChI=1S/C20H23NO/c1-15-8-5-6-13-19(15)21-14-17-11-7-12-18(20(17)22)16-9-3-2-4-10-16/h5-8,11-14,16,22H,2-4,9-10H2,1H3. The molecule has 0 aromatic heterocycles. The zero-order chi connectivity index (χ0) is 15.4. The van der Waals surface area contributed by atoms with Crippen molar-refractivity contribution in [3.05, 3.63) is 59.2 Å². The van der Waals surface area contributed by atoms with Crippen LogP contribution in [0.5, 0.6) is 5.75 Å². The van der Waals surface area contributed by atoms with E-state index in [1.807, 2.05) is 43.3 Å². The fourth-order valence-electron chi connectivity index (χ4n) is 3.27. The summed E-state index contributed by atoms with van der Waals surface area (Å²) >= 11 is 0. The Kier molecular flexibility index (Phi) is 4.57. The number of hydrogen-bond donors (Lipinski definition) is 1. The summed E-state index contributed by atoms with van der Waals surface area (Å²) in [7, 11) is 0. The van der Waals surface area contributed by atoms with E-state index in [1.165, 1.54) is 32.1 Å². The van der Waals surface area contributed by atoms with E-state index in [0.717, 1.165) is 22.4 Å². The molecule has 3 rings (SSSR count). The number of nitrogens with zero attached hydrogens (tertiary/aromatic N) is 1. The molecule has 0 saturated heterocycles. The molecule has 2 aromatic rings. The third-order valence-corrected chi connectivity index (χ3v) is 4.60. The summed E-state index contributed by atoms with van der Waals surface area (Å²) in [6.07, 6.45) is 8.02. The van der Waals surface area contributed by atoms with Crippen molar-refractivity contribution in [3.8, 4) is 5.75 Å². The average molecular weight is 293 g/mol. The largest absolute Gasteiger partial charge is 0.507 e. The van der Waals surface area contributed by atoms with Gasteiger partial charge < -0.3 is 5.11 Å². The SMILES string of the molecule is Cc1ccccc1N=Cc1cccc(C2CCCCC2)c1O. The van der Waals surface area contributed by atoms with E-state index in [-0.39, 0.29) is 0 Å². The average Bonchev–Trinajstić information content (AvgIpc) is 2.56. The van der Waals surface area contributed by atoms with E-state index >= 15 is 0 Å². The minimum absolute atomic E-state index is 0.409. The van der Waals surface area contributed by atoms with Crippen molar-refractivity contribution in [2.75, 3.05) is 0 Å². The Labute approximate surface area is 132 Å². The van der Waals surface area contributed by atoms with E-state index in [2.05, 4.69) is 11.1 Å². The minimum Gasteiger partial charge on any atom is -0.507 e. The van der Waals surface area contributed by atoms with Gasteiger partial charge in [-0.15, -0.1) is 0 Å². The molecule has 1 fully saturated rings. The lowest BCUT2D eigenvalue weighted by Gasteiger charge is -2.23. The van der Waals surface area contributed by atoms with Crippen molar-refractivity contribution in [2.45, 2.75) is 44.9 Å². The molecule has 2 aromatic carbocycles. The maximum atomic E-state index is 10.6. The number of aryl methyl sites for hydroxylation is 1. The van der Waals surface area contributed by atoms with Gasteiger partial charge >= 0.3 is 0 Å². The van der Waals surface area contributed by atoms with Crippen molar-refractivity contribution in [1.29, 1.82) is 0 Å². The lowest BCUT2D eigenvalue weighted by atomic mass is 9.83. The van der Waals surface area contributed by atoms with Gasteiger partial charge in [-0.05, 0) is 48.9 Å². The molecule has 0 amide bonds. The number of hydrogen-bond acceptors (Lipinski definition) is 2. The molecule has 1 aliphatic rings. The molecular weight excluding hydrogens is 270 g/mol. The maximum Gasteiger partial charge on any atom is 0.127 e. The highest BCUT2D eigenvalue weighted by Gasteiger charge is 2.19. The Hall–Kier alpha value is -2.09. The predicted octanol–water partition coefficient (Wildman–Crippen LogP) is 5.50. The van der Waals surface area contributed by atoms with E-state index < -0.39 is 0 Å². The highest BCUT2D eigenvalue weighted by molar-refractivity contribution is 5.86. The van der Waals surface area contributed by atoms with Crippen LogP contribution in [0, 0.1) is 6.92 Å². The maximum absolute atomic E-state index is 10.6. The molecule has 0 unspecified atom stereocenters. The summed E-state index contributed by atoms with van der Waals surface area (Å²) in [5.74, 6) is 0.910. The fourth-order valence-corrected chi connectivity index (χ4v) is 3.27. The smallest absolute Gasteiger partial charge is 0.127 e. The molecule has 0 bridgehead atoms. The Morgan fingerprint density at radius 2 is 1.77 bits per heavy atom. The van der Waals surface area contributed by atoms with Gasteiger partial charge in [-0.2, -0.15) is 0 Å². The number of para-hydroxylation sites is 2. The van der Waals surface area contributed by atoms with Crippen molar-refractivity contribution in [1.82, 2.24) is 0 Å². The van der Waals surface area contributed by atoms with Crippen LogP contribution in [0.25, 0.3) is 0 Å². The van der Waals surface area contributed by atoms with Gasteiger partial charge in [-0.25, -0.2) is 0 Å². The second kappa shape index (κ2) is 6.78. The first-order valence-electron chi connectivity index (χ1n) is 8.17. The first-order chi connectivity index (χ1) is 10.8. The molecule has 0 aliphatic heterocycles. The van der Waals surface area contributed by atoms with Crippen LogP contribution >= 0.6 is 0 Å². The molecule has 2 heteroatoms. The summed E-state index contributed by atoms with van der Waals surface area (Å²) in [6.45, 7) is 2.05. The first kappa shape index (κ1) is 14.8. The topological polar surface area (TPSA) is 32.6 Å². The Morgan fingerprint density at radius 1 is 1.00 bits per heavy atom. The van der Waals surface area contributed by atoms with Crippen molar-refractivity contribution >= 4 is 11.9 Å². The van der Waals surface area contributed by atoms with Crippen LogP contribution in [0.15, 0.2) is 47.5 Å². The van der Waals surface area contributed by atoms with E-state index in [4.69, 9.17) is 0 Å². The lowest BCUT2D eigenvalue weighted by Crippen LogP contribution is -2.05. The van der Waals surface area contributed by atoms with Gasteiger partial charge in [-0.1, -0.05) is 49.6 Å². The van der Waals surface area contributed by atoms with Crippen LogP contribution < -0.4 is 0 Å². The van der Waals surface area contributed by atoms with Crippen LogP contribution in [-0.4, -0.2) is 11.3 Å². The molecule has 1 aliphatic carbocycles. The van der Waals surface area contributed by atoms with E-state index in [9.17, 15) is 5.11 Å². The monoisotopic (exact) mass is 293 g/mol. The fraction of sp³-hybridized carbons (Fsp3) is 0.350.